The van der Waals surface area contributed by atoms with Crippen LogP contribution in [0.2, 0.25) is 5.02 Å². The van der Waals surface area contributed by atoms with Gasteiger partial charge in [-0.1, -0.05) is 62.3 Å². The summed E-state index contributed by atoms with van der Waals surface area (Å²) in [6, 6.07) is 7.87. The molecule has 1 aromatic carbocycles. The number of thiophene rings is 1. The topological polar surface area (TPSA) is 56.0 Å². The van der Waals surface area contributed by atoms with Crippen molar-refractivity contribution in [1.29, 1.82) is 0 Å². The first-order chi connectivity index (χ1) is 10.9. The number of carbonyl (C=O) groups excluding carboxylic acids is 1. The third kappa shape index (κ3) is 3.44. The first-order valence-electron chi connectivity index (χ1n) is 7.03. The van der Waals surface area contributed by atoms with Gasteiger partial charge in [-0.15, -0.1) is 21.5 Å². The first-order valence-corrected chi connectivity index (χ1v) is 9.21. The van der Waals surface area contributed by atoms with Gasteiger partial charge in [-0.25, -0.2) is 0 Å². The van der Waals surface area contributed by atoms with Crippen molar-refractivity contribution in [2.24, 2.45) is 5.41 Å². The summed E-state index contributed by atoms with van der Waals surface area (Å²) in [7, 11) is 0. The van der Waals surface area contributed by atoms with E-state index < -0.39 is 0 Å². The molecule has 2 aromatic heterocycles. The Balaban J connectivity index is 1.81. The van der Waals surface area contributed by atoms with Crippen LogP contribution < -0.4 is 0 Å². The molecule has 23 heavy (non-hydrogen) atoms. The van der Waals surface area contributed by atoms with Gasteiger partial charge < -0.3 is 4.42 Å². The standard InChI is InChI=1S/C16H15ClN2O2S2/c1-16(2,3)11(20)8-22-15-19-18-14(21-15)13-12(17)9-6-4-5-7-10(9)23-13/h4-7H,8H2,1-3H3. The number of fused-ring (bicyclic) bond motifs is 1. The number of Topliss-reactive ketones (excluding diaryl/α,β-unsaturated/α-hetero) is 1. The summed E-state index contributed by atoms with van der Waals surface area (Å²) in [4.78, 5) is 12.7. The fourth-order valence-corrected chi connectivity index (χ4v) is 4.21. The summed E-state index contributed by atoms with van der Waals surface area (Å²) in [5, 5.41) is 10.0. The van der Waals surface area contributed by atoms with E-state index in [1.54, 1.807) is 0 Å². The van der Waals surface area contributed by atoms with E-state index in [0.717, 1.165) is 15.0 Å². The van der Waals surface area contributed by atoms with Crippen molar-refractivity contribution in [3.63, 3.8) is 0 Å². The number of benzene rings is 1. The quantitative estimate of drug-likeness (QED) is 0.585. The van der Waals surface area contributed by atoms with Crippen molar-refractivity contribution in [1.82, 2.24) is 10.2 Å². The first kappa shape index (κ1) is 16.5. The molecule has 0 N–H and O–H groups in total. The molecule has 7 heteroatoms. The summed E-state index contributed by atoms with van der Waals surface area (Å²) < 4.78 is 6.73. The Labute approximate surface area is 147 Å². The van der Waals surface area contributed by atoms with Gasteiger partial charge in [0.25, 0.3) is 11.1 Å². The normalized spacial score (nSPS) is 12.0. The van der Waals surface area contributed by atoms with Crippen LogP contribution in [0.1, 0.15) is 20.8 Å². The molecule has 0 unspecified atom stereocenters. The molecule has 0 aliphatic heterocycles. The van der Waals surface area contributed by atoms with E-state index in [-0.39, 0.29) is 11.2 Å². The smallest absolute Gasteiger partial charge is 0.277 e. The maximum atomic E-state index is 12.0. The number of thioether (sulfide) groups is 1. The highest BCUT2D eigenvalue weighted by atomic mass is 35.5. The van der Waals surface area contributed by atoms with E-state index in [1.807, 2.05) is 45.0 Å². The second-order valence-electron chi connectivity index (χ2n) is 6.08. The minimum absolute atomic E-state index is 0.141. The number of carbonyl (C=O) groups is 1. The monoisotopic (exact) mass is 366 g/mol. The van der Waals surface area contributed by atoms with Crippen molar-refractivity contribution in [2.45, 2.75) is 26.0 Å². The SMILES string of the molecule is CC(C)(C)C(=O)CSc1nnc(-c2sc3ccccc3c2Cl)o1. The zero-order valence-corrected chi connectivity index (χ0v) is 15.3. The molecule has 120 valence electrons. The molecule has 0 aliphatic carbocycles. The summed E-state index contributed by atoms with van der Waals surface area (Å²) in [6.07, 6.45) is 0. The number of aromatic nitrogens is 2. The number of halogens is 1. The van der Waals surface area contributed by atoms with E-state index in [0.29, 0.717) is 21.9 Å². The Morgan fingerprint density at radius 3 is 2.74 bits per heavy atom. The number of ketones is 1. The predicted octanol–water partition coefficient (Wildman–Crippen LogP) is 5.31. The lowest BCUT2D eigenvalue weighted by Crippen LogP contribution is -2.21. The lowest BCUT2D eigenvalue weighted by molar-refractivity contribution is -0.123. The fourth-order valence-electron chi connectivity index (χ4n) is 1.86. The molecule has 0 radical (unpaired) electrons. The molecule has 2 heterocycles. The predicted molar refractivity (Wildman–Crippen MR) is 95.3 cm³/mol. The average Bonchev–Trinajstić information content (AvgIpc) is 3.09. The highest BCUT2D eigenvalue weighted by Gasteiger charge is 2.23. The molecule has 0 fully saturated rings. The van der Waals surface area contributed by atoms with Gasteiger partial charge in [-0.05, 0) is 6.07 Å². The van der Waals surface area contributed by atoms with E-state index in [2.05, 4.69) is 10.2 Å². The van der Waals surface area contributed by atoms with Crippen molar-refractivity contribution in [3.8, 4) is 10.8 Å². The second-order valence-corrected chi connectivity index (χ2v) is 8.43. The van der Waals surface area contributed by atoms with Crippen LogP contribution in [0.5, 0.6) is 0 Å². The summed E-state index contributed by atoms with van der Waals surface area (Å²) in [5.74, 6) is 0.842. The minimum Gasteiger partial charge on any atom is -0.410 e. The number of rotatable bonds is 4. The Kier molecular flexibility index (Phi) is 4.49. The number of hydrogen-bond donors (Lipinski definition) is 0. The van der Waals surface area contributed by atoms with Gasteiger partial charge in [0.15, 0.2) is 0 Å². The zero-order chi connectivity index (χ0) is 16.6. The molecule has 0 aliphatic rings. The van der Waals surface area contributed by atoms with Gasteiger partial charge in [-0.2, -0.15) is 0 Å². The van der Waals surface area contributed by atoms with Crippen LogP contribution in [0.4, 0.5) is 0 Å². The van der Waals surface area contributed by atoms with E-state index in [1.165, 1.54) is 23.1 Å². The maximum absolute atomic E-state index is 12.0. The minimum atomic E-state index is -0.370. The average molecular weight is 367 g/mol. The van der Waals surface area contributed by atoms with Crippen LogP contribution in [-0.4, -0.2) is 21.7 Å². The molecule has 3 rings (SSSR count). The molecule has 0 atom stereocenters. The summed E-state index contributed by atoms with van der Waals surface area (Å²) in [6.45, 7) is 5.68. The van der Waals surface area contributed by atoms with E-state index in [9.17, 15) is 4.79 Å². The molecule has 0 saturated heterocycles. The Morgan fingerprint density at radius 1 is 1.30 bits per heavy atom. The van der Waals surface area contributed by atoms with Crippen LogP contribution in [0.15, 0.2) is 33.9 Å². The van der Waals surface area contributed by atoms with Crippen LogP contribution in [-0.2, 0) is 4.79 Å². The van der Waals surface area contributed by atoms with Gasteiger partial charge in [-0.3, -0.25) is 4.79 Å². The second kappa shape index (κ2) is 6.26. The summed E-state index contributed by atoms with van der Waals surface area (Å²) in [5.41, 5.74) is -0.370. The molecule has 0 saturated carbocycles. The number of hydrogen-bond acceptors (Lipinski definition) is 6. The van der Waals surface area contributed by atoms with Crippen molar-refractivity contribution in [2.75, 3.05) is 5.75 Å². The van der Waals surface area contributed by atoms with Crippen LogP contribution in [0, 0.1) is 5.41 Å². The van der Waals surface area contributed by atoms with Gasteiger partial charge >= 0.3 is 0 Å². The van der Waals surface area contributed by atoms with Crippen LogP contribution in [0.3, 0.4) is 0 Å². The Bertz CT molecular complexity index is 864. The molecule has 0 amide bonds. The van der Waals surface area contributed by atoms with Gasteiger partial charge in [0.2, 0.25) is 0 Å². The van der Waals surface area contributed by atoms with Crippen LogP contribution in [0.25, 0.3) is 20.9 Å². The van der Waals surface area contributed by atoms with Crippen molar-refractivity contribution in [3.05, 3.63) is 29.3 Å². The van der Waals surface area contributed by atoms with Gasteiger partial charge in [0.1, 0.15) is 10.7 Å². The largest absolute Gasteiger partial charge is 0.410 e. The highest BCUT2D eigenvalue weighted by molar-refractivity contribution is 7.99. The molecule has 0 spiro atoms. The van der Waals surface area contributed by atoms with Gasteiger partial charge in [0.05, 0.1) is 10.8 Å². The zero-order valence-electron chi connectivity index (χ0n) is 12.9. The lowest BCUT2D eigenvalue weighted by atomic mass is 9.92. The van der Waals surface area contributed by atoms with E-state index in [4.69, 9.17) is 16.0 Å². The number of nitrogens with zero attached hydrogens (tertiary/aromatic N) is 2. The van der Waals surface area contributed by atoms with E-state index >= 15 is 0 Å². The highest BCUT2D eigenvalue weighted by Crippen LogP contribution is 2.41. The molecule has 4 nitrogen and oxygen atoms in total. The van der Waals surface area contributed by atoms with Gasteiger partial charge in [0, 0.05) is 15.5 Å². The van der Waals surface area contributed by atoms with Crippen molar-refractivity contribution < 1.29 is 9.21 Å². The Morgan fingerprint density at radius 2 is 2.04 bits per heavy atom. The third-order valence-corrected chi connectivity index (χ3v) is 5.78. The molecule has 0 bridgehead atoms. The van der Waals surface area contributed by atoms with Crippen molar-refractivity contribution >= 4 is 50.6 Å². The fraction of sp³-hybridized carbons (Fsp3) is 0.312. The van der Waals surface area contributed by atoms with Crippen LogP contribution >= 0.6 is 34.7 Å². The molecular weight excluding hydrogens is 352 g/mol. The molecule has 3 aromatic rings. The summed E-state index contributed by atoms with van der Waals surface area (Å²) >= 11 is 9.18. The lowest BCUT2D eigenvalue weighted by Gasteiger charge is -2.14. The molecular formula is C16H15ClN2O2S2. The Hall–Kier alpha value is -1.37. The third-order valence-electron chi connectivity index (χ3n) is 3.30. The maximum Gasteiger partial charge on any atom is 0.277 e.